The molecule has 0 heterocycles. The van der Waals surface area contributed by atoms with Crippen molar-refractivity contribution in [3.05, 3.63) is 11.6 Å². The maximum absolute atomic E-state index is 11.3. The molecule has 94 valence electrons. The van der Waals surface area contributed by atoms with E-state index in [1.165, 1.54) is 0 Å². The summed E-state index contributed by atoms with van der Waals surface area (Å²) >= 11 is 1.96. The number of alkyl halides is 1. The van der Waals surface area contributed by atoms with Crippen LogP contribution in [0.5, 0.6) is 0 Å². The van der Waals surface area contributed by atoms with E-state index in [1.807, 2.05) is 22.6 Å². The minimum Gasteiger partial charge on any atom is -0.461 e. The fourth-order valence-electron chi connectivity index (χ4n) is 0.889. The fraction of sp³-hybridized carbons (Fsp3) is 0.700. The molecule has 16 heavy (non-hydrogen) atoms. The zero-order valence-electron chi connectivity index (χ0n) is 9.70. The number of hydrogen-bond donors (Lipinski definition) is 0. The quantitative estimate of drug-likeness (QED) is 0.313. The van der Waals surface area contributed by atoms with Gasteiger partial charge in [0, 0.05) is 5.75 Å². The molecule has 4 nitrogen and oxygen atoms in total. The van der Waals surface area contributed by atoms with Crippen molar-refractivity contribution in [3.8, 4) is 0 Å². The molecule has 0 aliphatic carbocycles. The molecular formula is C10H17IO4S. The average molecular weight is 360 g/mol. The van der Waals surface area contributed by atoms with Crippen LogP contribution in [-0.2, 0) is 19.4 Å². The first-order chi connectivity index (χ1) is 7.28. The van der Waals surface area contributed by atoms with Crippen molar-refractivity contribution in [3.63, 3.8) is 0 Å². The summed E-state index contributed by atoms with van der Waals surface area (Å²) in [6.45, 7) is 5.20. The Bertz CT molecular complexity index is 357. The van der Waals surface area contributed by atoms with E-state index in [9.17, 15) is 13.2 Å². The predicted octanol–water partition coefficient (Wildman–Crippen LogP) is 1.73. The number of hydrogen-bond acceptors (Lipinski definition) is 4. The van der Waals surface area contributed by atoms with Crippen molar-refractivity contribution < 1.29 is 17.9 Å². The third-order valence-corrected chi connectivity index (χ3v) is 4.15. The number of esters is 1. The maximum Gasteiger partial charge on any atom is 0.318 e. The highest BCUT2D eigenvalue weighted by atomic mass is 127. The zero-order chi connectivity index (χ0) is 12.8. The van der Waals surface area contributed by atoms with E-state index in [-0.39, 0.29) is 28.0 Å². The van der Waals surface area contributed by atoms with Crippen LogP contribution in [0.3, 0.4) is 0 Å². The Morgan fingerprint density at radius 2 is 2.06 bits per heavy atom. The number of halogens is 1. The molecule has 0 aliphatic rings. The summed E-state index contributed by atoms with van der Waals surface area (Å²) in [6.07, 6.45) is 1.63. The molecule has 0 saturated heterocycles. The van der Waals surface area contributed by atoms with Crippen LogP contribution in [0.25, 0.3) is 0 Å². The lowest BCUT2D eigenvalue weighted by Crippen LogP contribution is -2.14. The monoisotopic (exact) mass is 360 g/mol. The Morgan fingerprint density at radius 1 is 1.50 bits per heavy atom. The minimum absolute atomic E-state index is 0.0286. The first-order valence-electron chi connectivity index (χ1n) is 4.95. The lowest BCUT2D eigenvalue weighted by Gasteiger charge is -2.05. The van der Waals surface area contributed by atoms with Gasteiger partial charge in [-0.05, 0) is 19.9 Å². The van der Waals surface area contributed by atoms with E-state index in [4.69, 9.17) is 4.74 Å². The van der Waals surface area contributed by atoms with Gasteiger partial charge >= 0.3 is 5.97 Å². The smallest absolute Gasteiger partial charge is 0.318 e. The number of rotatable bonds is 6. The second-order valence-corrected chi connectivity index (χ2v) is 7.69. The van der Waals surface area contributed by atoms with E-state index in [0.29, 0.717) is 5.57 Å². The normalized spacial score (nSPS) is 14.6. The van der Waals surface area contributed by atoms with Crippen LogP contribution in [0.2, 0.25) is 0 Å². The summed E-state index contributed by atoms with van der Waals surface area (Å²) in [7, 11) is -3.00. The highest BCUT2D eigenvalue weighted by Gasteiger charge is 2.10. The number of sulfone groups is 1. The van der Waals surface area contributed by atoms with Crippen molar-refractivity contribution in [1.29, 1.82) is 0 Å². The van der Waals surface area contributed by atoms with Crippen LogP contribution < -0.4 is 0 Å². The third-order valence-electron chi connectivity index (χ3n) is 1.87. The van der Waals surface area contributed by atoms with Crippen LogP contribution in [0.1, 0.15) is 20.8 Å². The molecule has 0 bridgehead atoms. The Kier molecular flexibility index (Phi) is 7.21. The molecule has 0 aliphatic heterocycles. The van der Waals surface area contributed by atoms with Gasteiger partial charge in [-0.25, -0.2) is 8.42 Å². The summed E-state index contributed by atoms with van der Waals surface area (Å²) in [5, 5.41) is 0. The standard InChI is InChI=1S/C10H17IO4S/c1-4-16(13,14)7-8(2)5-6-15-10(12)9(3)11/h5,9H,4,6-7H2,1-3H3/b8-5+. The SMILES string of the molecule is CCS(=O)(=O)C/C(C)=C/COC(=O)C(C)I. The third kappa shape index (κ3) is 7.21. The molecule has 0 aromatic heterocycles. The Morgan fingerprint density at radius 3 is 2.50 bits per heavy atom. The predicted molar refractivity (Wildman–Crippen MR) is 72.5 cm³/mol. The molecule has 0 saturated carbocycles. The largest absolute Gasteiger partial charge is 0.461 e. The van der Waals surface area contributed by atoms with Gasteiger partial charge in [0.05, 0.1) is 5.75 Å². The van der Waals surface area contributed by atoms with Gasteiger partial charge in [-0.15, -0.1) is 0 Å². The van der Waals surface area contributed by atoms with Crippen molar-refractivity contribution in [1.82, 2.24) is 0 Å². The lowest BCUT2D eigenvalue weighted by molar-refractivity contribution is -0.140. The van der Waals surface area contributed by atoms with Gasteiger partial charge in [0.25, 0.3) is 0 Å². The number of ether oxygens (including phenoxy) is 1. The van der Waals surface area contributed by atoms with Crippen molar-refractivity contribution >= 4 is 38.4 Å². The summed E-state index contributed by atoms with van der Waals surface area (Å²) in [4.78, 5) is 11.1. The van der Waals surface area contributed by atoms with Crippen molar-refractivity contribution in [2.75, 3.05) is 18.1 Å². The van der Waals surface area contributed by atoms with Crippen LogP contribution in [0.4, 0.5) is 0 Å². The molecule has 1 atom stereocenters. The van der Waals surface area contributed by atoms with Crippen molar-refractivity contribution in [2.45, 2.75) is 24.7 Å². The minimum atomic E-state index is -3.00. The molecule has 0 rings (SSSR count). The second-order valence-electron chi connectivity index (χ2n) is 3.47. The molecule has 0 fully saturated rings. The van der Waals surface area contributed by atoms with E-state index in [1.54, 1.807) is 26.8 Å². The summed E-state index contributed by atoms with van der Waals surface area (Å²) < 4.78 is 27.2. The van der Waals surface area contributed by atoms with Gasteiger partial charge in [0.1, 0.15) is 10.5 Å². The van der Waals surface area contributed by atoms with Crippen molar-refractivity contribution in [2.24, 2.45) is 0 Å². The molecule has 0 spiro atoms. The van der Waals surface area contributed by atoms with E-state index in [2.05, 4.69) is 0 Å². The Hall–Kier alpha value is -0.110. The molecule has 0 radical (unpaired) electrons. The first-order valence-corrected chi connectivity index (χ1v) is 8.02. The van der Waals surface area contributed by atoms with Gasteiger partial charge in [0.2, 0.25) is 0 Å². The summed E-state index contributed by atoms with van der Waals surface area (Å²) in [6, 6.07) is 0. The molecular weight excluding hydrogens is 343 g/mol. The summed E-state index contributed by atoms with van der Waals surface area (Å²) in [5.74, 6) is -0.133. The molecule has 0 amide bonds. The lowest BCUT2D eigenvalue weighted by atomic mass is 10.3. The number of carbonyl (C=O) groups is 1. The zero-order valence-corrected chi connectivity index (χ0v) is 12.7. The molecule has 1 unspecified atom stereocenters. The highest BCUT2D eigenvalue weighted by molar-refractivity contribution is 14.1. The summed E-state index contributed by atoms with van der Waals surface area (Å²) in [5.41, 5.74) is 0.704. The number of carbonyl (C=O) groups excluding carboxylic acids is 1. The molecule has 0 N–H and O–H groups in total. The molecule has 0 aromatic rings. The average Bonchev–Trinajstić information content (AvgIpc) is 2.16. The first kappa shape index (κ1) is 15.9. The van der Waals surface area contributed by atoms with Crippen LogP contribution in [0, 0.1) is 0 Å². The van der Waals surface area contributed by atoms with E-state index in [0.717, 1.165) is 0 Å². The van der Waals surface area contributed by atoms with E-state index < -0.39 is 9.84 Å². The topological polar surface area (TPSA) is 60.4 Å². The van der Waals surface area contributed by atoms with E-state index >= 15 is 0 Å². The highest BCUT2D eigenvalue weighted by Crippen LogP contribution is 2.03. The van der Waals surface area contributed by atoms with Gasteiger partial charge in [-0.2, -0.15) is 0 Å². The fourth-order valence-corrected chi connectivity index (χ4v) is 2.08. The van der Waals surface area contributed by atoms with Crippen LogP contribution >= 0.6 is 22.6 Å². The van der Waals surface area contributed by atoms with Gasteiger partial charge in [-0.3, -0.25) is 4.79 Å². The van der Waals surface area contributed by atoms with Crippen LogP contribution in [-0.4, -0.2) is 36.4 Å². The van der Waals surface area contributed by atoms with Gasteiger partial charge < -0.3 is 4.74 Å². The maximum atomic E-state index is 11.3. The van der Waals surface area contributed by atoms with Crippen LogP contribution in [0.15, 0.2) is 11.6 Å². The Balaban J connectivity index is 4.12. The second kappa shape index (κ2) is 7.26. The van der Waals surface area contributed by atoms with Gasteiger partial charge in [-0.1, -0.05) is 35.1 Å². The molecule has 0 aromatic carbocycles. The molecule has 6 heteroatoms. The van der Waals surface area contributed by atoms with Gasteiger partial charge in [0.15, 0.2) is 9.84 Å². The Labute approximate surface area is 110 Å².